The summed E-state index contributed by atoms with van der Waals surface area (Å²) in [4.78, 5) is 12.5. The maximum absolute atomic E-state index is 12.5. The molecule has 0 aromatic heterocycles. The molecule has 0 amide bonds. The molecule has 0 bridgehead atoms. The van der Waals surface area contributed by atoms with Crippen molar-refractivity contribution in [2.75, 3.05) is 0 Å². The molecule has 0 unspecified atom stereocenters. The first-order chi connectivity index (χ1) is 7.70. The van der Waals surface area contributed by atoms with E-state index >= 15 is 0 Å². The van der Waals surface area contributed by atoms with Crippen LogP contribution in [-0.4, -0.2) is 11.3 Å². The van der Waals surface area contributed by atoms with Gasteiger partial charge in [0, 0.05) is 16.5 Å². The first kappa shape index (κ1) is 13.9. The van der Waals surface area contributed by atoms with Gasteiger partial charge in [-0.05, 0) is 31.9 Å². The minimum Gasteiger partial charge on any atom is -0.325 e. The molecule has 2 N–H and O–H groups in total. The van der Waals surface area contributed by atoms with Crippen LogP contribution in [0.2, 0.25) is 0 Å². The van der Waals surface area contributed by atoms with E-state index < -0.39 is 11.0 Å². The van der Waals surface area contributed by atoms with Crippen LogP contribution in [0.3, 0.4) is 0 Å². The Morgan fingerprint density at radius 1 is 1.24 bits per heavy atom. The van der Waals surface area contributed by atoms with Crippen LogP contribution >= 0.6 is 0 Å². The lowest BCUT2D eigenvalue weighted by molar-refractivity contribution is 0.0735. The largest absolute Gasteiger partial charge is 0.325 e. The van der Waals surface area contributed by atoms with Gasteiger partial charge in [-0.3, -0.25) is 4.79 Å². The van der Waals surface area contributed by atoms with E-state index in [0.717, 1.165) is 12.0 Å². The topological polar surface area (TPSA) is 43.1 Å². The van der Waals surface area contributed by atoms with Crippen LogP contribution in [0.25, 0.3) is 0 Å². The highest BCUT2D eigenvalue weighted by Crippen LogP contribution is 2.32. The number of hydrogen-bond acceptors (Lipinski definition) is 2. The van der Waals surface area contributed by atoms with Crippen molar-refractivity contribution in [2.24, 2.45) is 11.1 Å². The molecule has 0 radical (unpaired) electrons. The Kier molecular flexibility index (Phi) is 3.78. The zero-order chi connectivity index (χ0) is 13.3. The van der Waals surface area contributed by atoms with Crippen molar-refractivity contribution in [3.63, 3.8) is 0 Å². The molecule has 17 heavy (non-hydrogen) atoms. The standard InChI is InChI=1S/C15H23NO/c1-6-11-8-7-9-12(10-11)13(17)14(2,3)15(4,5)16/h7-10H,6,16H2,1-5H3. The molecule has 1 rings (SSSR count). The molecule has 1 aromatic rings. The number of benzene rings is 1. The molecular formula is C15H23NO. The fraction of sp³-hybridized carbons (Fsp3) is 0.533. The number of ketones is 1. The summed E-state index contributed by atoms with van der Waals surface area (Å²) in [6.45, 7) is 9.70. The number of rotatable bonds is 4. The number of Topliss-reactive ketones (excluding diaryl/α,β-unsaturated/α-hetero) is 1. The van der Waals surface area contributed by atoms with Gasteiger partial charge in [0.05, 0.1) is 0 Å². The van der Waals surface area contributed by atoms with Crippen LogP contribution in [0, 0.1) is 5.41 Å². The third-order valence-electron chi connectivity index (χ3n) is 3.78. The van der Waals surface area contributed by atoms with Crippen LogP contribution in [0.1, 0.15) is 50.5 Å². The molecular weight excluding hydrogens is 210 g/mol. The number of hydrogen-bond donors (Lipinski definition) is 1. The molecule has 94 valence electrons. The van der Waals surface area contributed by atoms with Gasteiger partial charge < -0.3 is 5.73 Å². The summed E-state index contributed by atoms with van der Waals surface area (Å²) in [5, 5.41) is 0. The van der Waals surface area contributed by atoms with Crippen molar-refractivity contribution >= 4 is 5.78 Å². The molecule has 0 heterocycles. The van der Waals surface area contributed by atoms with E-state index in [1.807, 2.05) is 52.0 Å². The SMILES string of the molecule is CCc1cccc(C(=O)C(C)(C)C(C)(C)N)c1. The van der Waals surface area contributed by atoms with Crippen molar-refractivity contribution in [1.29, 1.82) is 0 Å². The van der Waals surface area contributed by atoms with E-state index in [-0.39, 0.29) is 5.78 Å². The summed E-state index contributed by atoms with van der Waals surface area (Å²) in [6.07, 6.45) is 0.938. The highest BCUT2D eigenvalue weighted by molar-refractivity contribution is 6.01. The van der Waals surface area contributed by atoms with E-state index in [2.05, 4.69) is 6.92 Å². The number of aryl methyl sites for hydroxylation is 1. The van der Waals surface area contributed by atoms with Crippen molar-refractivity contribution in [3.8, 4) is 0 Å². The second-order valence-corrected chi connectivity index (χ2v) is 5.73. The van der Waals surface area contributed by atoms with Crippen LogP contribution in [-0.2, 0) is 6.42 Å². The van der Waals surface area contributed by atoms with Crippen molar-refractivity contribution in [1.82, 2.24) is 0 Å². The Balaban J connectivity index is 3.12. The maximum Gasteiger partial charge on any atom is 0.170 e. The second-order valence-electron chi connectivity index (χ2n) is 5.73. The summed E-state index contributed by atoms with van der Waals surface area (Å²) in [5.74, 6) is 0.111. The Morgan fingerprint density at radius 3 is 2.29 bits per heavy atom. The minimum absolute atomic E-state index is 0.111. The molecule has 1 aromatic carbocycles. The predicted octanol–water partition coefficient (Wildman–Crippen LogP) is 3.20. The minimum atomic E-state index is -0.570. The summed E-state index contributed by atoms with van der Waals surface area (Å²) in [6, 6.07) is 7.81. The van der Waals surface area contributed by atoms with E-state index in [1.165, 1.54) is 5.56 Å². The van der Waals surface area contributed by atoms with E-state index in [4.69, 9.17) is 5.73 Å². The summed E-state index contributed by atoms with van der Waals surface area (Å²) in [7, 11) is 0. The van der Waals surface area contributed by atoms with E-state index in [0.29, 0.717) is 0 Å². The fourth-order valence-electron chi connectivity index (χ4n) is 1.59. The van der Waals surface area contributed by atoms with Gasteiger partial charge in [-0.2, -0.15) is 0 Å². The first-order valence-electron chi connectivity index (χ1n) is 6.12. The van der Waals surface area contributed by atoms with Gasteiger partial charge in [0.15, 0.2) is 5.78 Å². The molecule has 2 nitrogen and oxygen atoms in total. The highest BCUT2D eigenvalue weighted by atomic mass is 16.1. The number of nitrogens with two attached hydrogens (primary N) is 1. The van der Waals surface area contributed by atoms with Crippen molar-refractivity contribution < 1.29 is 4.79 Å². The predicted molar refractivity (Wildman–Crippen MR) is 72.2 cm³/mol. The third-order valence-corrected chi connectivity index (χ3v) is 3.78. The Morgan fingerprint density at radius 2 is 1.82 bits per heavy atom. The lowest BCUT2D eigenvalue weighted by Crippen LogP contribution is -2.51. The molecule has 0 saturated heterocycles. The Hall–Kier alpha value is -1.15. The molecule has 0 atom stereocenters. The zero-order valence-corrected chi connectivity index (χ0v) is 11.5. The molecule has 2 heteroatoms. The lowest BCUT2D eigenvalue weighted by atomic mass is 9.70. The summed E-state index contributed by atoms with van der Waals surface area (Å²) < 4.78 is 0. The van der Waals surface area contributed by atoms with Gasteiger partial charge in [-0.15, -0.1) is 0 Å². The maximum atomic E-state index is 12.5. The zero-order valence-electron chi connectivity index (χ0n) is 11.5. The lowest BCUT2D eigenvalue weighted by Gasteiger charge is -2.37. The molecule has 0 aliphatic heterocycles. The molecule has 0 aliphatic rings. The molecule has 0 fully saturated rings. The van der Waals surface area contributed by atoms with Gasteiger partial charge in [0.25, 0.3) is 0 Å². The average molecular weight is 233 g/mol. The van der Waals surface area contributed by atoms with Gasteiger partial charge in [-0.1, -0.05) is 39.0 Å². The van der Waals surface area contributed by atoms with Gasteiger partial charge in [0.1, 0.15) is 0 Å². The van der Waals surface area contributed by atoms with E-state index in [1.54, 1.807) is 0 Å². The van der Waals surface area contributed by atoms with Gasteiger partial charge >= 0.3 is 0 Å². The van der Waals surface area contributed by atoms with E-state index in [9.17, 15) is 4.79 Å². The van der Waals surface area contributed by atoms with Crippen LogP contribution in [0.4, 0.5) is 0 Å². The Bertz CT molecular complexity index is 413. The van der Waals surface area contributed by atoms with Gasteiger partial charge in [-0.25, -0.2) is 0 Å². The van der Waals surface area contributed by atoms with Gasteiger partial charge in [0.2, 0.25) is 0 Å². The monoisotopic (exact) mass is 233 g/mol. The first-order valence-corrected chi connectivity index (χ1v) is 6.12. The molecule has 0 spiro atoms. The number of carbonyl (C=O) groups is 1. The van der Waals surface area contributed by atoms with Crippen LogP contribution < -0.4 is 5.73 Å². The average Bonchev–Trinajstić information content (AvgIpc) is 2.26. The molecule has 0 aliphatic carbocycles. The third kappa shape index (κ3) is 2.75. The number of carbonyl (C=O) groups excluding carboxylic acids is 1. The summed E-state index contributed by atoms with van der Waals surface area (Å²) in [5.41, 5.74) is 6.93. The highest BCUT2D eigenvalue weighted by Gasteiger charge is 2.40. The fourth-order valence-corrected chi connectivity index (χ4v) is 1.59. The summed E-state index contributed by atoms with van der Waals surface area (Å²) >= 11 is 0. The van der Waals surface area contributed by atoms with Crippen LogP contribution in [0.15, 0.2) is 24.3 Å². The smallest absolute Gasteiger partial charge is 0.170 e. The molecule has 0 saturated carbocycles. The quantitative estimate of drug-likeness (QED) is 0.812. The van der Waals surface area contributed by atoms with Crippen molar-refractivity contribution in [2.45, 2.75) is 46.6 Å². The Labute approximate surface area is 104 Å². The van der Waals surface area contributed by atoms with Crippen LogP contribution in [0.5, 0.6) is 0 Å². The van der Waals surface area contributed by atoms with Crippen molar-refractivity contribution in [3.05, 3.63) is 35.4 Å². The normalized spacial score (nSPS) is 12.6. The second kappa shape index (κ2) is 4.61.